The molecule has 0 aromatic heterocycles. The van der Waals surface area contributed by atoms with Gasteiger partial charge in [0, 0.05) is 6.54 Å². The monoisotopic (exact) mass is 342 g/mol. The predicted molar refractivity (Wildman–Crippen MR) is 99.4 cm³/mol. The molecule has 5 nitrogen and oxygen atoms in total. The van der Waals surface area contributed by atoms with Crippen molar-refractivity contribution in [2.45, 2.75) is 84.2 Å². The van der Waals surface area contributed by atoms with Crippen molar-refractivity contribution in [1.82, 2.24) is 10.2 Å². The summed E-state index contributed by atoms with van der Waals surface area (Å²) in [6.45, 7) is 7.54. The van der Waals surface area contributed by atoms with Crippen molar-refractivity contribution in [2.75, 3.05) is 20.1 Å². The van der Waals surface area contributed by atoms with E-state index < -0.39 is 12.0 Å². The van der Waals surface area contributed by atoms with E-state index in [4.69, 9.17) is 0 Å². The lowest BCUT2D eigenvalue weighted by Gasteiger charge is -2.27. The van der Waals surface area contributed by atoms with E-state index in [9.17, 15) is 14.7 Å². The van der Waals surface area contributed by atoms with Gasteiger partial charge in [0.1, 0.15) is 12.3 Å². The van der Waals surface area contributed by atoms with Gasteiger partial charge < -0.3 is 15.2 Å². The molecule has 0 aliphatic rings. The molecule has 0 aliphatic heterocycles. The number of aliphatic carboxylic acids is 1. The molecule has 3 atom stereocenters. The number of nitrogens with one attached hydrogen (secondary N) is 1. The van der Waals surface area contributed by atoms with E-state index in [0.29, 0.717) is 6.54 Å². The summed E-state index contributed by atoms with van der Waals surface area (Å²) in [5.74, 6) is -0.755. The van der Waals surface area contributed by atoms with E-state index in [1.807, 2.05) is 18.9 Å². The van der Waals surface area contributed by atoms with Crippen LogP contribution in [-0.4, -0.2) is 54.5 Å². The molecule has 0 radical (unpaired) electrons. The number of hydrogen-bond donors (Lipinski definition) is 2. The van der Waals surface area contributed by atoms with Gasteiger partial charge in [-0.2, -0.15) is 0 Å². The maximum absolute atomic E-state index is 11.6. The SMILES string of the molecule is CCCCCCCC(C)C(NC[C@H](C=O)N(C)CCCC)C(=O)O. The highest BCUT2D eigenvalue weighted by atomic mass is 16.4. The van der Waals surface area contributed by atoms with Gasteiger partial charge in [-0.3, -0.25) is 9.69 Å². The Hall–Kier alpha value is -0.940. The second-order valence-corrected chi connectivity index (χ2v) is 6.94. The van der Waals surface area contributed by atoms with Crippen molar-refractivity contribution in [3.05, 3.63) is 0 Å². The van der Waals surface area contributed by atoms with Crippen LogP contribution in [-0.2, 0) is 9.59 Å². The van der Waals surface area contributed by atoms with Gasteiger partial charge in [-0.05, 0) is 32.4 Å². The molecule has 0 aromatic rings. The molecule has 0 spiro atoms. The van der Waals surface area contributed by atoms with Gasteiger partial charge in [-0.25, -0.2) is 0 Å². The summed E-state index contributed by atoms with van der Waals surface area (Å²) in [5, 5.41) is 12.6. The minimum Gasteiger partial charge on any atom is -0.480 e. The van der Waals surface area contributed by atoms with E-state index in [1.165, 1.54) is 25.7 Å². The van der Waals surface area contributed by atoms with Crippen LogP contribution in [0.1, 0.15) is 72.1 Å². The lowest BCUT2D eigenvalue weighted by atomic mass is 9.94. The average molecular weight is 343 g/mol. The van der Waals surface area contributed by atoms with Crippen LogP contribution in [0, 0.1) is 5.92 Å². The fourth-order valence-electron chi connectivity index (χ4n) is 2.90. The average Bonchev–Trinajstić information content (AvgIpc) is 2.55. The summed E-state index contributed by atoms with van der Waals surface area (Å²) >= 11 is 0. The number of unbranched alkanes of at least 4 members (excludes halogenated alkanes) is 5. The third-order valence-corrected chi connectivity index (χ3v) is 4.73. The number of carboxylic acid groups (broad SMARTS) is 1. The normalized spacial score (nSPS) is 15.2. The first-order chi connectivity index (χ1) is 11.5. The van der Waals surface area contributed by atoms with Crippen LogP contribution in [0.15, 0.2) is 0 Å². The number of carbonyl (C=O) groups excluding carboxylic acids is 1. The molecule has 0 bridgehead atoms. The lowest BCUT2D eigenvalue weighted by Crippen LogP contribution is -2.49. The summed E-state index contributed by atoms with van der Waals surface area (Å²) in [5.41, 5.74) is 0. The molecule has 0 aromatic carbocycles. The van der Waals surface area contributed by atoms with E-state index in [1.54, 1.807) is 0 Å². The van der Waals surface area contributed by atoms with Crippen LogP contribution in [0.4, 0.5) is 0 Å². The number of rotatable bonds is 16. The van der Waals surface area contributed by atoms with Gasteiger partial charge in [0.15, 0.2) is 0 Å². The number of likely N-dealkylation sites (N-methyl/N-ethyl adjacent to an activating group) is 1. The molecule has 0 fully saturated rings. The van der Waals surface area contributed by atoms with E-state index >= 15 is 0 Å². The summed E-state index contributed by atoms with van der Waals surface area (Å²) in [6.07, 6.45) is 9.87. The van der Waals surface area contributed by atoms with Crippen molar-refractivity contribution in [2.24, 2.45) is 5.92 Å². The van der Waals surface area contributed by atoms with Crippen LogP contribution in [0.5, 0.6) is 0 Å². The quantitative estimate of drug-likeness (QED) is 0.333. The molecular weight excluding hydrogens is 304 g/mol. The van der Waals surface area contributed by atoms with Crippen molar-refractivity contribution < 1.29 is 14.7 Å². The van der Waals surface area contributed by atoms with Gasteiger partial charge in [0.25, 0.3) is 0 Å². The zero-order chi connectivity index (χ0) is 18.4. The predicted octanol–water partition coefficient (Wildman–Crippen LogP) is 3.33. The van der Waals surface area contributed by atoms with Crippen LogP contribution >= 0.6 is 0 Å². The highest BCUT2D eigenvalue weighted by Crippen LogP contribution is 2.15. The third kappa shape index (κ3) is 10.0. The lowest BCUT2D eigenvalue weighted by molar-refractivity contribution is -0.141. The number of carbonyl (C=O) groups is 2. The van der Waals surface area contributed by atoms with Gasteiger partial charge in [0.05, 0.1) is 6.04 Å². The van der Waals surface area contributed by atoms with Crippen LogP contribution < -0.4 is 5.32 Å². The minimum absolute atomic E-state index is 0.0670. The Morgan fingerprint density at radius 3 is 2.29 bits per heavy atom. The van der Waals surface area contributed by atoms with E-state index in [0.717, 1.165) is 38.5 Å². The van der Waals surface area contributed by atoms with Crippen molar-refractivity contribution in [3.63, 3.8) is 0 Å². The highest BCUT2D eigenvalue weighted by molar-refractivity contribution is 5.74. The summed E-state index contributed by atoms with van der Waals surface area (Å²) in [4.78, 5) is 24.9. The first kappa shape index (κ1) is 23.1. The Labute approximate surface area is 148 Å². The molecule has 2 N–H and O–H groups in total. The summed E-state index contributed by atoms with van der Waals surface area (Å²) in [7, 11) is 1.92. The number of carboxylic acids is 1. The molecule has 5 heteroatoms. The largest absolute Gasteiger partial charge is 0.480 e. The van der Waals surface area contributed by atoms with E-state index in [-0.39, 0.29) is 12.0 Å². The molecule has 0 aliphatic carbocycles. The Kier molecular flexibility index (Phi) is 13.8. The standard InChI is InChI=1S/C19H38N2O3/c1-5-7-9-10-11-12-16(3)18(19(23)24)20-14-17(15-22)21(4)13-8-6-2/h15-18,20H,5-14H2,1-4H3,(H,23,24)/t16?,17-,18?/m1/s1. The van der Waals surface area contributed by atoms with Gasteiger partial charge in [0.2, 0.25) is 0 Å². The zero-order valence-electron chi connectivity index (χ0n) is 16.1. The van der Waals surface area contributed by atoms with Crippen molar-refractivity contribution in [1.29, 1.82) is 0 Å². The second kappa shape index (κ2) is 14.4. The number of hydrogen-bond acceptors (Lipinski definition) is 4. The molecule has 24 heavy (non-hydrogen) atoms. The van der Waals surface area contributed by atoms with Gasteiger partial charge in [-0.15, -0.1) is 0 Å². The fraction of sp³-hybridized carbons (Fsp3) is 0.895. The third-order valence-electron chi connectivity index (χ3n) is 4.73. The molecule has 142 valence electrons. The Morgan fingerprint density at radius 1 is 1.12 bits per heavy atom. The Bertz CT molecular complexity index is 337. The van der Waals surface area contributed by atoms with Crippen molar-refractivity contribution in [3.8, 4) is 0 Å². The molecule has 2 unspecified atom stereocenters. The molecular formula is C19H38N2O3. The topological polar surface area (TPSA) is 69.6 Å². The van der Waals surface area contributed by atoms with Crippen molar-refractivity contribution >= 4 is 12.3 Å². The number of aldehydes is 1. The maximum Gasteiger partial charge on any atom is 0.320 e. The maximum atomic E-state index is 11.6. The summed E-state index contributed by atoms with van der Waals surface area (Å²) < 4.78 is 0. The number of nitrogens with zero attached hydrogens (tertiary/aromatic N) is 1. The zero-order valence-corrected chi connectivity index (χ0v) is 16.1. The van der Waals surface area contributed by atoms with Crippen LogP contribution in [0.2, 0.25) is 0 Å². The molecule has 0 amide bonds. The van der Waals surface area contributed by atoms with Gasteiger partial charge >= 0.3 is 5.97 Å². The van der Waals surface area contributed by atoms with Crippen LogP contribution in [0.3, 0.4) is 0 Å². The molecule has 0 heterocycles. The fourth-order valence-corrected chi connectivity index (χ4v) is 2.90. The van der Waals surface area contributed by atoms with Crippen LogP contribution in [0.25, 0.3) is 0 Å². The Balaban J connectivity index is 4.34. The smallest absolute Gasteiger partial charge is 0.320 e. The first-order valence-corrected chi connectivity index (χ1v) is 9.59. The molecule has 0 rings (SSSR count). The molecule has 0 saturated carbocycles. The minimum atomic E-state index is -0.822. The molecule has 0 saturated heterocycles. The van der Waals surface area contributed by atoms with Gasteiger partial charge in [-0.1, -0.05) is 59.3 Å². The first-order valence-electron chi connectivity index (χ1n) is 9.59. The Morgan fingerprint density at radius 2 is 1.75 bits per heavy atom. The second-order valence-electron chi connectivity index (χ2n) is 6.94. The highest BCUT2D eigenvalue weighted by Gasteiger charge is 2.25. The summed E-state index contributed by atoms with van der Waals surface area (Å²) in [6, 6.07) is -0.853. The van der Waals surface area contributed by atoms with E-state index in [2.05, 4.69) is 19.2 Å².